The van der Waals surface area contributed by atoms with E-state index in [0.29, 0.717) is 11.3 Å². The summed E-state index contributed by atoms with van der Waals surface area (Å²) in [5, 5.41) is 11.0. The van der Waals surface area contributed by atoms with Gasteiger partial charge in [-0.05, 0) is 24.3 Å². The minimum Gasteiger partial charge on any atom is -0.329 e. The molecular formula is C13H14N4O3. The van der Waals surface area contributed by atoms with Gasteiger partial charge in [-0.3, -0.25) is 19.3 Å². The van der Waals surface area contributed by atoms with Crippen molar-refractivity contribution in [3.8, 4) is 6.07 Å². The van der Waals surface area contributed by atoms with Gasteiger partial charge >= 0.3 is 11.8 Å². The third-order valence-corrected chi connectivity index (χ3v) is 2.44. The Morgan fingerprint density at radius 2 is 1.90 bits per heavy atom. The first kappa shape index (κ1) is 15.3. The minimum atomic E-state index is -0.965. The second-order valence-electron chi connectivity index (χ2n) is 3.91. The van der Waals surface area contributed by atoms with Gasteiger partial charge in [0.25, 0.3) is 0 Å². The van der Waals surface area contributed by atoms with Gasteiger partial charge in [0.05, 0.1) is 11.6 Å². The highest BCUT2D eigenvalue weighted by Gasteiger charge is 2.24. The number of nitrogens with zero attached hydrogens (tertiary/aromatic N) is 2. The standard InChI is InChI=1S/C13H14N4O3/c1-9(18)17(7-6-14)13(20)12(19)16-11-4-2-10(8-15)3-5-11/h2-5H,6-7,14H2,1H3,(H,16,19). The van der Waals surface area contributed by atoms with Crippen LogP contribution in [0.3, 0.4) is 0 Å². The van der Waals surface area contributed by atoms with Gasteiger partial charge in [0.2, 0.25) is 5.91 Å². The largest absolute Gasteiger partial charge is 0.329 e. The van der Waals surface area contributed by atoms with E-state index in [-0.39, 0.29) is 13.1 Å². The highest BCUT2D eigenvalue weighted by Crippen LogP contribution is 2.09. The molecule has 1 rings (SSSR count). The van der Waals surface area contributed by atoms with Gasteiger partial charge in [-0.25, -0.2) is 0 Å². The Kier molecular flexibility index (Phi) is 5.38. The van der Waals surface area contributed by atoms with Crippen LogP contribution < -0.4 is 11.1 Å². The topological polar surface area (TPSA) is 116 Å². The molecule has 0 radical (unpaired) electrons. The number of rotatable bonds is 3. The Hall–Kier alpha value is -2.72. The number of carbonyl (C=O) groups excluding carboxylic acids is 3. The molecule has 0 atom stereocenters. The van der Waals surface area contributed by atoms with Crippen molar-refractivity contribution in [2.24, 2.45) is 5.73 Å². The van der Waals surface area contributed by atoms with Crippen LogP contribution in [0.15, 0.2) is 24.3 Å². The lowest BCUT2D eigenvalue weighted by Gasteiger charge is -2.17. The summed E-state index contributed by atoms with van der Waals surface area (Å²) in [5.74, 6) is -2.44. The number of carbonyl (C=O) groups is 3. The maximum atomic E-state index is 11.8. The number of hydrogen-bond donors (Lipinski definition) is 2. The molecule has 20 heavy (non-hydrogen) atoms. The van der Waals surface area contributed by atoms with E-state index in [1.165, 1.54) is 31.2 Å². The zero-order valence-electron chi connectivity index (χ0n) is 10.9. The molecule has 0 aliphatic carbocycles. The van der Waals surface area contributed by atoms with E-state index in [2.05, 4.69) is 5.32 Å². The molecule has 3 amide bonds. The van der Waals surface area contributed by atoms with Crippen LogP contribution in [0, 0.1) is 11.3 Å². The Morgan fingerprint density at radius 1 is 1.30 bits per heavy atom. The van der Waals surface area contributed by atoms with E-state index in [0.717, 1.165) is 4.90 Å². The van der Waals surface area contributed by atoms with Gasteiger partial charge in [0.1, 0.15) is 0 Å². The molecule has 1 aromatic carbocycles. The fraction of sp³-hybridized carbons (Fsp3) is 0.231. The Morgan fingerprint density at radius 3 is 2.35 bits per heavy atom. The number of hydrogen-bond acceptors (Lipinski definition) is 5. The van der Waals surface area contributed by atoms with Crippen LogP contribution in [-0.4, -0.2) is 35.7 Å². The van der Waals surface area contributed by atoms with Gasteiger partial charge in [-0.15, -0.1) is 0 Å². The fourth-order valence-electron chi connectivity index (χ4n) is 1.47. The van der Waals surface area contributed by atoms with Gasteiger partial charge < -0.3 is 11.1 Å². The smallest absolute Gasteiger partial charge is 0.318 e. The van der Waals surface area contributed by atoms with Crippen LogP contribution in [0.5, 0.6) is 0 Å². The number of anilines is 1. The van der Waals surface area contributed by atoms with E-state index in [4.69, 9.17) is 11.0 Å². The van der Waals surface area contributed by atoms with Crippen molar-refractivity contribution in [2.45, 2.75) is 6.92 Å². The van der Waals surface area contributed by atoms with E-state index in [9.17, 15) is 14.4 Å². The first-order valence-electron chi connectivity index (χ1n) is 5.83. The molecule has 0 fully saturated rings. The zero-order chi connectivity index (χ0) is 15.1. The highest BCUT2D eigenvalue weighted by molar-refractivity contribution is 6.41. The average Bonchev–Trinajstić information content (AvgIpc) is 2.44. The SMILES string of the molecule is CC(=O)N(CCN)C(=O)C(=O)Nc1ccc(C#N)cc1. The summed E-state index contributed by atoms with van der Waals surface area (Å²) < 4.78 is 0. The molecule has 0 unspecified atom stereocenters. The molecule has 7 heteroatoms. The van der Waals surface area contributed by atoms with Gasteiger partial charge in [-0.2, -0.15) is 5.26 Å². The number of nitrogens with one attached hydrogen (secondary N) is 1. The molecule has 7 nitrogen and oxygen atoms in total. The van der Waals surface area contributed by atoms with Crippen molar-refractivity contribution in [3.05, 3.63) is 29.8 Å². The van der Waals surface area contributed by atoms with Crippen LogP contribution in [-0.2, 0) is 14.4 Å². The first-order chi connectivity index (χ1) is 9.49. The van der Waals surface area contributed by atoms with Crippen molar-refractivity contribution < 1.29 is 14.4 Å². The Bertz CT molecular complexity index is 560. The molecule has 0 spiro atoms. The summed E-state index contributed by atoms with van der Waals surface area (Å²) in [7, 11) is 0. The molecule has 0 aromatic heterocycles. The van der Waals surface area contributed by atoms with Gasteiger partial charge in [0.15, 0.2) is 0 Å². The molecule has 104 valence electrons. The summed E-state index contributed by atoms with van der Waals surface area (Å²) in [5.41, 5.74) is 6.07. The maximum Gasteiger partial charge on any atom is 0.318 e. The second kappa shape index (κ2) is 7.01. The monoisotopic (exact) mass is 274 g/mol. The molecule has 1 aromatic rings. The molecule has 0 bridgehead atoms. The predicted molar refractivity (Wildman–Crippen MR) is 71.2 cm³/mol. The third-order valence-electron chi connectivity index (χ3n) is 2.44. The van der Waals surface area contributed by atoms with Crippen molar-refractivity contribution in [1.29, 1.82) is 5.26 Å². The molecular weight excluding hydrogens is 260 g/mol. The summed E-state index contributed by atoms with van der Waals surface area (Å²) >= 11 is 0. The van der Waals surface area contributed by atoms with Crippen molar-refractivity contribution in [3.63, 3.8) is 0 Å². The molecule has 0 aliphatic heterocycles. The Labute approximate surface area is 116 Å². The van der Waals surface area contributed by atoms with E-state index in [1.807, 2.05) is 6.07 Å². The Balaban J connectivity index is 2.76. The van der Waals surface area contributed by atoms with Crippen molar-refractivity contribution in [2.75, 3.05) is 18.4 Å². The summed E-state index contributed by atoms with van der Waals surface area (Å²) in [6.07, 6.45) is 0. The molecule has 0 heterocycles. The lowest BCUT2D eigenvalue weighted by Crippen LogP contribution is -2.44. The van der Waals surface area contributed by atoms with Crippen LogP contribution in [0.4, 0.5) is 5.69 Å². The van der Waals surface area contributed by atoms with Gasteiger partial charge in [-0.1, -0.05) is 0 Å². The first-order valence-corrected chi connectivity index (χ1v) is 5.83. The number of nitrogens with two attached hydrogens (primary N) is 1. The normalized spacial score (nSPS) is 9.45. The number of imide groups is 1. The van der Waals surface area contributed by atoms with Crippen LogP contribution in [0.1, 0.15) is 12.5 Å². The maximum absolute atomic E-state index is 11.8. The molecule has 0 saturated heterocycles. The lowest BCUT2D eigenvalue weighted by atomic mass is 10.2. The molecule has 0 aliphatic rings. The fourth-order valence-corrected chi connectivity index (χ4v) is 1.47. The number of benzene rings is 1. The van der Waals surface area contributed by atoms with Crippen LogP contribution in [0.25, 0.3) is 0 Å². The molecule has 3 N–H and O–H groups in total. The quantitative estimate of drug-likeness (QED) is 0.742. The van der Waals surface area contributed by atoms with E-state index in [1.54, 1.807) is 0 Å². The minimum absolute atomic E-state index is 0.0189. The zero-order valence-corrected chi connectivity index (χ0v) is 10.9. The highest BCUT2D eigenvalue weighted by atomic mass is 16.2. The summed E-state index contributed by atoms with van der Waals surface area (Å²) in [4.78, 5) is 35.5. The van der Waals surface area contributed by atoms with Crippen molar-refractivity contribution in [1.82, 2.24) is 4.90 Å². The van der Waals surface area contributed by atoms with Crippen LogP contribution in [0.2, 0.25) is 0 Å². The third kappa shape index (κ3) is 3.90. The van der Waals surface area contributed by atoms with Gasteiger partial charge in [0, 0.05) is 25.7 Å². The van der Waals surface area contributed by atoms with E-state index >= 15 is 0 Å². The summed E-state index contributed by atoms with van der Waals surface area (Å²) in [6, 6.07) is 7.92. The second-order valence-corrected chi connectivity index (χ2v) is 3.91. The van der Waals surface area contributed by atoms with Crippen LogP contribution >= 0.6 is 0 Å². The number of amides is 3. The summed E-state index contributed by atoms with van der Waals surface area (Å²) in [6.45, 7) is 1.24. The predicted octanol–water partition coefficient (Wildman–Crippen LogP) is -0.169. The lowest BCUT2D eigenvalue weighted by molar-refractivity contribution is -0.149. The van der Waals surface area contributed by atoms with E-state index < -0.39 is 17.7 Å². The average molecular weight is 274 g/mol. The number of nitriles is 1. The molecule has 0 saturated carbocycles. The van der Waals surface area contributed by atoms with Crippen molar-refractivity contribution >= 4 is 23.4 Å².